The standard InChI is InChI=1S/C12H27O4PS/c1-4-7-8-9-11-18-12-10-16-17(13,14-5-2)15-6-3/h4-12H2,1-3H3. The fraction of sp³-hybridized carbons (Fsp3) is 1.00. The van der Waals surface area contributed by atoms with Crippen LogP contribution in [-0.4, -0.2) is 31.3 Å². The maximum atomic E-state index is 11.9. The number of phosphoric ester groups is 1. The molecule has 0 spiro atoms. The summed E-state index contributed by atoms with van der Waals surface area (Å²) in [5, 5.41) is 0. The average Bonchev–Trinajstić information content (AvgIpc) is 2.33. The molecule has 6 heteroatoms. The van der Waals surface area contributed by atoms with Gasteiger partial charge in [-0.2, -0.15) is 11.8 Å². The molecule has 0 atom stereocenters. The molecule has 0 bridgehead atoms. The van der Waals surface area contributed by atoms with Gasteiger partial charge in [0.15, 0.2) is 0 Å². The number of phosphoric acid groups is 1. The predicted octanol–water partition coefficient (Wildman–Crippen LogP) is 4.50. The van der Waals surface area contributed by atoms with E-state index in [4.69, 9.17) is 13.6 Å². The summed E-state index contributed by atoms with van der Waals surface area (Å²) in [7, 11) is -3.30. The lowest BCUT2D eigenvalue weighted by atomic mass is 10.2. The van der Waals surface area contributed by atoms with Crippen molar-refractivity contribution in [1.29, 1.82) is 0 Å². The van der Waals surface area contributed by atoms with Gasteiger partial charge in [-0.1, -0.05) is 26.2 Å². The Morgan fingerprint density at radius 2 is 1.56 bits per heavy atom. The van der Waals surface area contributed by atoms with Gasteiger partial charge in [-0.3, -0.25) is 13.6 Å². The van der Waals surface area contributed by atoms with Crippen LogP contribution in [0, 0.1) is 0 Å². The lowest BCUT2D eigenvalue weighted by Crippen LogP contribution is -2.03. The van der Waals surface area contributed by atoms with Gasteiger partial charge in [0.1, 0.15) is 0 Å². The van der Waals surface area contributed by atoms with Crippen LogP contribution in [0.3, 0.4) is 0 Å². The molecule has 0 aliphatic heterocycles. The Morgan fingerprint density at radius 1 is 0.889 bits per heavy atom. The smallest absolute Gasteiger partial charge is 0.287 e. The van der Waals surface area contributed by atoms with Crippen LogP contribution in [0.25, 0.3) is 0 Å². The van der Waals surface area contributed by atoms with Crippen molar-refractivity contribution < 1.29 is 18.1 Å². The van der Waals surface area contributed by atoms with Gasteiger partial charge in [0.2, 0.25) is 0 Å². The average molecular weight is 298 g/mol. The first kappa shape index (κ1) is 18.5. The third-order valence-corrected chi connectivity index (χ3v) is 4.87. The molecule has 0 heterocycles. The second-order valence-electron chi connectivity index (χ2n) is 3.79. The van der Waals surface area contributed by atoms with Gasteiger partial charge in [-0.15, -0.1) is 0 Å². The Bertz CT molecular complexity index is 216. The Balaban J connectivity index is 3.52. The third-order valence-electron chi connectivity index (χ3n) is 2.19. The van der Waals surface area contributed by atoms with Crippen LogP contribution >= 0.6 is 19.6 Å². The quantitative estimate of drug-likeness (QED) is 0.370. The van der Waals surface area contributed by atoms with Gasteiger partial charge < -0.3 is 0 Å². The highest BCUT2D eigenvalue weighted by molar-refractivity contribution is 7.99. The van der Waals surface area contributed by atoms with E-state index >= 15 is 0 Å². The number of unbranched alkanes of at least 4 members (excludes halogenated alkanes) is 3. The second-order valence-corrected chi connectivity index (χ2v) is 6.68. The van der Waals surface area contributed by atoms with Crippen LogP contribution in [0.4, 0.5) is 0 Å². The lowest BCUT2D eigenvalue weighted by Gasteiger charge is -2.16. The van der Waals surface area contributed by atoms with Crippen LogP contribution in [0.15, 0.2) is 0 Å². The molecule has 18 heavy (non-hydrogen) atoms. The molecule has 0 aliphatic rings. The van der Waals surface area contributed by atoms with E-state index in [0.29, 0.717) is 19.8 Å². The first-order valence-corrected chi connectivity index (χ1v) is 9.41. The molecule has 0 unspecified atom stereocenters. The minimum Gasteiger partial charge on any atom is -0.287 e. The monoisotopic (exact) mass is 298 g/mol. The molecule has 110 valence electrons. The van der Waals surface area contributed by atoms with Crippen LogP contribution in [0.2, 0.25) is 0 Å². The van der Waals surface area contributed by atoms with Crippen LogP contribution in [0.1, 0.15) is 46.5 Å². The fourth-order valence-corrected chi connectivity index (χ4v) is 3.48. The summed E-state index contributed by atoms with van der Waals surface area (Å²) in [4.78, 5) is 0. The van der Waals surface area contributed by atoms with Crippen molar-refractivity contribution in [3.63, 3.8) is 0 Å². The van der Waals surface area contributed by atoms with E-state index in [0.717, 1.165) is 11.5 Å². The summed E-state index contributed by atoms with van der Waals surface area (Å²) >= 11 is 1.82. The minimum absolute atomic E-state index is 0.335. The topological polar surface area (TPSA) is 44.8 Å². The second kappa shape index (κ2) is 12.5. The third kappa shape index (κ3) is 10.4. The first-order valence-electron chi connectivity index (χ1n) is 6.79. The van der Waals surface area contributed by atoms with Crippen LogP contribution < -0.4 is 0 Å². The normalized spacial score (nSPS) is 11.9. The summed E-state index contributed by atoms with van der Waals surface area (Å²) in [5.74, 6) is 1.97. The van der Waals surface area contributed by atoms with Crippen molar-refractivity contribution in [2.75, 3.05) is 31.3 Å². The van der Waals surface area contributed by atoms with E-state index in [9.17, 15) is 4.57 Å². The van der Waals surface area contributed by atoms with Crippen molar-refractivity contribution in [3.8, 4) is 0 Å². The van der Waals surface area contributed by atoms with Gasteiger partial charge in [0, 0.05) is 5.75 Å². The van der Waals surface area contributed by atoms with Crippen molar-refractivity contribution in [1.82, 2.24) is 0 Å². The zero-order valence-electron chi connectivity index (χ0n) is 11.9. The fourth-order valence-electron chi connectivity index (χ4n) is 1.37. The largest absolute Gasteiger partial charge is 0.474 e. The number of hydrogen-bond donors (Lipinski definition) is 0. The summed E-state index contributed by atoms with van der Waals surface area (Å²) < 4.78 is 27.2. The van der Waals surface area contributed by atoms with Gasteiger partial charge >= 0.3 is 7.82 Å². The van der Waals surface area contributed by atoms with Crippen molar-refractivity contribution >= 4 is 19.6 Å². The molecule has 0 rings (SSSR count). The molecule has 0 fully saturated rings. The van der Waals surface area contributed by atoms with E-state index in [1.165, 1.54) is 25.7 Å². The van der Waals surface area contributed by atoms with Crippen molar-refractivity contribution in [2.24, 2.45) is 0 Å². The van der Waals surface area contributed by atoms with E-state index in [-0.39, 0.29) is 0 Å². The van der Waals surface area contributed by atoms with Crippen LogP contribution in [0.5, 0.6) is 0 Å². The SMILES string of the molecule is CCCCCCSCCOP(=O)(OCC)OCC. The molecule has 0 amide bonds. The van der Waals surface area contributed by atoms with Gasteiger partial charge in [-0.05, 0) is 26.0 Å². The van der Waals surface area contributed by atoms with E-state index in [1.807, 2.05) is 11.8 Å². The Morgan fingerprint density at radius 3 is 2.11 bits per heavy atom. The number of thioether (sulfide) groups is 1. The lowest BCUT2D eigenvalue weighted by molar-refractivity contribution is 0.127. The Kier molecular flexibility index (Phi) is 12.8. The number of rotatable bonds is 13. The highest BCUT2D eigenvalue weighted by atomic mass is 32.2. The van der Waals surface area contributed by atoms with Crippen molar-refractivity contribution in [2.45, 2.75) is 46.5 Å². The van der Waals surface area contributed by atoms with E-state index in [2.05, 4.69) is 6.92 Å². The molecule has 0 saturated heterocycles. The molecule has 0 saturated carbocycles. The molecular weight excluding hydrogens is 271 g/mol. The molecule has 4 nitrogen and oxygen atoms in total. The molecule has 0 aromatic carbocycles. The highest BCUT2D eigenvalue weighted by Crippen LogP contribution is 2.49. The highest BCUT2D eigenvalue weighted by Gasteiger charge is 2.24. The van der Waals surface area contributed by atoms with Gasteiger partial charge in [0.05, 0.1) is 19.8 Å². The van der Waals surface area contributed by atoms with Crippen molar-refractivity contribution in [3.05, 3.63) is 0 Å². The molecule has 0 aliphatic carbocycles. The zero-order chi connectivity index (χ0) is 13.7. The van der Waals surface area contributed by atoms with Crippen LogP contribution in [-0.2, 0) is 18.1 Å². The van der Waals surface area contributed by atoms with E-state index in [1.54, 1.807) is 13.8 Å². The predicted molar refractivity (Wildman–Crippen MR) is 78.3 cm³/mol. The Labute approximate surface area is 116 Å². The summed E-state index contributed by atoms with van der Waals surface area (Å²) in [5.41, 5.74) is 0. The minimum atomic E-state index is -3.30. The first-order chi connectivity index (χ1) is 8.68. The summed E-state index contributed by atoms with van der Waals surface area (Å²) in [6, 6.07) is 0. The van der Waals surface area contributed by atoms with Gasteiger partial charge in [0.25, 0.3) is 0 Å². The van der Waals surface area contributed by atoms with E-state index < -0.39 is 7.82 Å². The molecule has 0 aromatic heterocycles. The molecular formula is C12H27O4PS. The zero-order valence-corrected chi connectivity index (χ0v) is 13.6. The summed E-state index contributed by atoms with van der Waals surface area (Å²) in [6.07, 6.45) is 5.11. The molecule has 0 aromatic rings. The number of hydrogen-bond acceptors (Lipinski definition) is 5. The Hall–Kier alpha value is 0.460. The van der Waals surface area contributed by atoms with Gasteiger partial charge in [-0.25, -0.2) is 4.57 Å². The molecule has 0 radical (unpaired) electrons. The molecule has 0 N–H and O–H groups in total. The maximum absolute atomic E-state index is 11.9. The summed E-state index contributed by atoms with van der Waals surface area (Å²) in [6.45, 7) is 6.84. The maximum Gasteiger partial charge on any atom is 0.474 e.